The number of alkyl halides is 3. The first kappa shape index (κ1) is 29.1. The summed E-state index contributed by atoms with van der Waals surface area (Å²) in [6.45, 7) is 3.21. The van der Waals surface area contributed by atoms with Crippen LogP contribution in [0, 0.1) is 23.6 Å². The molecule has 4 N–H and O–H groups in total. The van der Waals surface area contributed by atoms with E-state index in [1.165, 1.54) is 5.56 Å². The molecule has 226 valence electrons. The fraction of sp³-hybridized carbons (Fsp3) is 0.375. The summed E-state index contributed by atoms with van der Waals surface area (Å²) in [6, 6.07) is 19.5. The van der Waals surface area contributed by atoms with E-state index in [4.69, 9.17) is 0 Å². The Kier molecular flexibility index (Phi) is 8.11. The van der Waals surface area contributed by atoms with Crippen molar-refractivity contribution in [2.75, 3.05) is 30.3 Å². The predicted octanol–water partition coefficient (Wildman–Crippen LogP) is 5.08. The average Bonchev–Trinajstić information content (AvgIpc) is 2.98. The molecule has 5 atom stereocenters. The Balaban J connectivity index is 1.11. The second-order valence-electron chi connectivity index (χ2n) is 11.6. The highest BCUT2D eigenvalue weighted by Gasteiger charge is 2.50. The zero-order valence-corrected chi connectivity index (χ0v) is 23.3. The summed E-state index contributed by atoms with van der Waals surface area (Å²) in [5.74, 6) is -1.77. The Labute approximate surface area is 247 Å². The molecule has 3 heterocycles. The molecule has 3 aliphatic heterocycles. The highest BCUT2D eigenvalue weighted by Crippen LogP contribution is 2.40. The highest BCUT2D eigenvalue weighted by molar-refractivity contribution is 6.04. The van der Waals surface area contributed by atoms with Gasteiger partial charge < -0.3 is 16.0 Å². The SMILES string of the molecule is O=C(Nc1ccc(NC2CCNC3NC(=O)C4CN(Cc5ccccc5)CCC4C23)cc1)c1ccc(F)c(C(F)(F)F)c1. The standard InChI is InChI=1S/C32H33F4N5O2/c33-26-11-6-20(16-25(26)32(34,35)36)30(42)39-22-9-7-21(8-10-22)38-27-12-14-37-29-28(27)23-13-15-41(18-24(23)31(43)40-29)17-19-4-2-1-3-5-19/h1-11,16,23-24,27-29,37-38H,12-15,17-18H2,(H,39,42)(H,40,43). The summed E-state index contributed by atoms with van der Waals surface area (Å²) in [6.07, 6.45) is -3.21. The van der Waals surface area contributed by atoms with E-state index in [2.05, 4.69) is 38.3 Å². The van der Waals surface area contributed by atoms with Crippen LogP contribution in [0.2, 0.25) is 0 Å². The van der Waals surface area contributed by atoms with Gasteiger partial charge in [-0.1, -0.05) is 30.3 Å². The lowest BCUT2D eigenvalue weighted by molar-refractivity contribution is -0.140. The number of likely N-dealkylation sites (tertiary alicyclic amines) is 1. The minimum absolute atomic E-state index is 0.0928. The van der Waals surface area contributed by atoms with Gasteiger partial charge in [0.05, 0.1) is 17.6 Å². The number of rotatable bonds is 6. The molecule has 11 heteroatoms. The van der Waals surface area contributed by atoms with Gasteiger partial charge >= 0.3 is 6.18 Å². The molecule has 5 unspecified atom stereocenters. The third-order valence-corrected chi connectivity index (χ3v) is 8.83. The van der Waals surface area contributed by atoms with E-state index < -0.39 is 23.5 Å². The Bertz CT molecular complexity index is 1470. The first-order valence-corrected chi connectivity index (χ1v) is 14.5. The van der Waals surface area contributed by atoms with Crippen molar-refractivity contribution in [2.24, 2.45) is 17.8 Å². The number of anilines is 2. The molecule has 6 rings (SSSR count). The lowest BCUT2D eigenvalue weighted by Crippen LogP contribution is -2.69. The number of hydrogen-bond acceptors (Lipinski definition) is 5. The van der Waals surface area contributed by atoms with E-state index in [-0.39, 0.29) is 41.4 Å². The number of benzene rings is 3. The summed E-state index contributed by atoms with van der Waals surface area (Å²) >= 11 is 0. The van der Waals surface area contributed by atoms with Crippen molar-refractivity contribution in [1.29, 1.82) is 0 Å². The van der Waals surface area contributed by atoms with Gasteiger partial charge in [-0.05, 0) is 79.9 Å². The van der Waals surface area contributed by atoms with Gasteiger partial charge in [-0.25, -0.2) is 4.39 Å². The number of piperidine rings is 3. The number of amides is 2. The third kappa shape index (κ3) is 6.37. The fourth-order valence-corrected chi connectivity index (χ4v) is 6.79. The molecule has 0 saturated carbocycles. The lowest BCUT2D eigenvalue weighted by Gasteiger charge is -2.52. The van der Waals surface area contributed by atoms with Crippen molar-refractivity contribution >= 4 is 23.2 Å². The smallest absolute Gasteiger partial charge is 0.382 e. The van der Waals surface area contributed by atoms with E-state index in [1.54, 1.807) is 24.3 Å². The summed E-state index contributed by atoms with van der Waals surface area (Å²) < 4.78 is 52.8. The summed E-state index contributed by atoms with van der Waals surface area (Å²) in [4.78, 5) is 28.1. The maximum absolute atomic E-state index is 13.6. The zero-order valence-electron chi connectivity index (χ0n) is 23.3. The van der Waals surface area contributed by atoms with Gasteiger partial charge in [-0.15, -0.1) is 0 Å². The van der Waals surface area contributed by atoms with Crippen molar-refractivity contribution in [1.82, 2.24) is 15.5 Å². The second kappa shape index (κ2) is 12.0. The number of nitrogens with zero attached hydrogens (tertiary/aromatic N) is 1. The first-order chi connectivity index (χ1) is 20.7. The molecular formula is C32H33F4N5O2. The van der Waals surface area contributed by atoms with Crippen LogP contribution in [0.1, 0.15) is 34.3 Å². The van der Waals surface area contributed by atoms with Gasteiger partial charge in [0.25, 0.3) is 5.91 Å². The lowest BCUT2D eigenvalue weighted by atomic mass is 9.67. The van der Waals surface area contributed by atoms with Gasteiger partial charge in [0.2, 0.25) is 5.91 Å². The molecule has 3 saturated heterocycles. The molecule has 3 aromatic carbocycles. The van der Waals surface area contributed by atoms with Crippen LogP contribution >= 0.6 is 0 Å². The summed E-state index contributed by atoms with van der Waals surface area (Å²) in [7, 11) is 0. The van der Waals surface area contributed by atoms with Crippen molar-refractivity contribution in [3.05, 3.63) is 95.3 Å². The zero-order chi connectivity index (χ0) is 30.1. The van der Waals surface area contributed by atoms with Crippen LogP contribution in [0.5, 0.6) is 0 Å². The molecule has 0 spiro atoms. The molecule has 3 aliphatic rings. The van der Waals surface area contributed by atoms with Crippen LogP contribution in [-0.2, 0) is 17.5 Å². The topological polar surface area (TPSA) is 85.5 Å². The molecule has 0 aromatic heterocycles. The highest BCUT2D eigenvalue weighted by atomic mass is 19.4. The number of hydrogen-bond donors (Lipinski definition) is 4. The molecular weight excluding hydrogens is 562 g/mol. The van der Waals surface area contributed by atoms with Crippen LogP contribution in [0.25, 0.3) is 0 Å². The minimum Gasteiger partial charge on any atom is -0.382 e. The van der Waals surface area contributed by atoms with Gasteiger partial charge in [-0.3, -0.25) is 19.8 Å². The average molecular weight is 596 g/mol. The summed E-state index contributed by atoms with van der Waals surface area (Å²) in [5.41, 5.74) is 0.688. The summed E-state index contributed by atoms with van der Waals surface area (Å²) in [5, 5.41) is 12.9. The van der Waals surface area contributed by atoms with Gasteiger partial charge in [0.15, 0.2) is 0 Å². The van der Waals surface area contributed by atoms with E-state index in [0.29, 0.717) is 24.4 Å². The molecule has 3 fully saturated rings. The number of fused-ring (bicyclic) bond motifs is 3. The predicted molar refractivity (Wildman–Crippen MR) is 155 cm³/mol. The Morgan fingerprint density at radius 1 is 0.977 bits per heavy atom. The monoisotopic (exact) mass is 595 g/mol. The van der Waals surface area contributed by atoms with Gasteiger partial charge in [-0.2, -0.15) is 13.2 Å². The van der Waals surface area contributed by atoms with Crippen LogP contribution in [-0.4, -0.2) is 48.6 Å². The first-order valence-electron chi connectivity index (χ1n) is 14.5. The molecule has 0 aliphatic carbocycles. The molecule has 2 amide bonds. The van der Waals surface area contributed by atoms with Crippen molar-refractivity contribution in [3.63, 3.8) is 0 Å². The molecule has 3 aromatic rings. The molecule has 43 heavy (non-hydrogen) atoms. The van der Waals surface area contributed by atoms with Crippen LogP contribution in [0.4, 0.5) is 28.9 Å². The molecule has 0 bridgehead atoms. The maximum atomic E-state index is 13.6. The van der Waals surface area contributed by atoms with Crippen LogP contribution in [0.3, 0.4) is 0 Å². The number of halogens is 4. The molecule has 0 radical (unpaired) electrons. The van der Waals surface area contributed by atoms with E-state index in [1.807, 2.05) is 18.2 Å². The number of carbonyl (C=O) groups is 2. The van der Waals surface area contributed by atoms with E-state index >= 15 is 0 Å². The minimum atomic E-state index is -4.90. The van der Waals surface area contributed by atoms with Gasteiger partial charge in [0, 0.05) is 42.0 Å². The van der Waals surface area contributed by atoms with Crippen molar-refractivity contribution < 1.29 is 27.2 Å². The van der Waals surface area contributed by atoms with Crippen molar-refractivity contribution in [3.8, 4) is 0 Å². The maximum Gasteiger partial charge on any atom is 0.419 e. The number of carbonyl (C=O) groups excluding carboxylic acids is 2. The normalized spacial score (nSPS) is 25.7. The Morgan fingerprint density at radius 3 is 2.47 bits per heavy atom. The third-order valence-electron chi connectivity index (χ3n) is 8.83. The van der Waals surface area contributed by atoms with Crippen molar-refractivity contribution in [2.45, 2.75) is 37.8 Å². The largest absolute Gasteiger partial charge is 0.419 e. The van der Waals surface area contributed by atoms with Crippen LogP contribution < -0.4 is 21.3 Å². The van der Waals surface area contributed by atoms with E-state index in [9.17, 15) is 27.2 Å². The van der Waals surface area contributed by atoms with E-state index in [0.717, 1.165) is 44.2 Å². The second-order valence-corrected chi connectivity index (χ2v) is 11.6. The number of nitrogens with one attached hydrogen (secondary N) is 4. The fourth-order valence-electron chi connectivity index (χ4n) is 6.79. The Morgan fingerprint density at radius 2 is 1.72 bits per heavy atom. The van der Waals surface area contributed by atoms with Crippen LogP contribution in [0.15, 0.2) is 72.8 Å². The Hall–Kier alpha value is -3.96. The van der Waals surface area contributed by atoms with Gasteiger partial charge in [0.1, 0.15) is 5.82 Å². The molecule has 7 nitrogen and oxygen atoms in total. The quantitative estimate of drug-likeness (QED) is 0.299.